The number of nitrogens with zero attached hydrogens (tertiary/aromatic N) is 1. The van der Waals surface area contributed by atoms with Gasteiger partial charge in [-0.1, -0.05) is 39.7 Å². The van der Waals surface area contributed by atoms with E-state index in [9.17, 15) is 4.79 Å². The summed E-state index contributed by atoms with van der Waals surface area (Å²) in [6.07, 6.45) is 0.766. The normalized spacial score (nSPS) is 11.8. The fourth-order valence-corrected chi connectivity index (χ4v) is 4.56. The highest BCUT2D eigenvalue weighted by Gasteiger charge is 2.29. The number of rotatable bonds is 3. The van der Waals surface area contributed by atoms with Gasteiger partial charge < -0.3 is 4.74 Å². The zero-order chi connectivity index (χ0) is 17.6. The molecule has 1 aliphatic rings. The Balaban J connectivity index is 1.68. The van der Waals surface area contributed by atoms with Gasteiger partial charge in [0.15, 0.2) is 5.13 Å². The van der Waals surface area contributed by atoms with Crippen LogP contribution in [0.4, 0.5) is 5.13 Å². The number of halogens is 2. The van der Waals surface area contributed by atoms with E-state index >= 15 is 0 Å². The number of carbonyl (C=O) groups excluding carboxylic acids is 1. The molecule has 0 fully saturated rings. The summed E-state index contributed by atoms with van der Waals surface area (Å²) in [5, 5.41) is 3.82. The second-order valence-electron chi connectivity index (χ2n) is 5.50. The molecule has 3 aromatic rings. The van der Waals surface area contributed by atoms with Crippen LogP contribution in [0.1, 0.15) is 20.8 Å². The topological polar surface area (TPSA) is 51.2 Å². The second kappa shape index (κ2) is 6.44. The van der Waals surface area contributed by atoms with Crippen molar-refractivity contribution in [3.8, 4) is 17.0 Å². The Labute approximate surface area is 161 Å². The van der Waals surface area contributed by atoms with Gasteiger partial charge in [-0.05, 0) is 29.8 Å². The molecule has 4 nitrogen and oxygen atoms in total. The molecular formula is C18H12BrClN2O2S. The van der Waals surface area contributed by atoms with Crippen LogP contribution in [0.3, 0.4) is 0 Å². The van der Waals surface area contributed by atoms with Crippen molar-refractivity contribution < 1.29 is 9.53 Å². The smallest absolute Gasteiger partial charge is 0.258 e. The van der Waals surface area contributed by atoms with Gasteiger partial charge >= 0.3 is 0 Å². The lowest BCUT2D eigenvalue weighted by Gasteiger charge is -2.09. The van der Waals surface area contributed by atoms with Gasteiger partial charge in [-0.2, -0.15) is 0 Å². The molecule has 0 spiro atoms. The summed E-state index contributed by atoms with van der Waals surface area (Å²) in [6, 6.07) is 10.8. The molecule has 0 bridgehead atoms. The molecule has 1 heterocycles. The molecule has 0 saturated carbocycles. The standard InChI is InChI=1S/C18H12BrClN2O2S/c1-24-13-7-6-11(19)10-8-14-16(15(10)13)21-18(25-14)22-17(23)9-4-2-3-5-12(9)20/h2-7H,8H2,1H3,(H,21,22,23). The summed E-state index contributed by atoms with van der Waals surface area (Å²) in [5.41, 5.74) is 3.45. The summed E-state index contributed by atoms with van der Waals surface area (Å²) < 4.78 is 6.52. The Morgan fingerprint density at radius 1 is 1.32 bits per heavy atom. The lowest BCUT2D eigenvalue weighted by molar-refractivity contribution is 0.102. The number of nitrogens with one attached hydrogen (secondary N) is 1. The lowest BCUT2D eigenvalue weighted by atomic mass is 10.1. The van der Waals surface area contributed by atoms with Gasteiger partial charge in [0.2, 0.25) is 0 Å². The summed E-state index contributed by atoms with van der Waals surface area (Å²) in [5.74, 6) is 0.519. The Bertz CT molecular complexity index is 1000. The van der Waals surface area contributed by atoms with Gasteiger partial charge in [-0.15, -0.1) is 11.3 Å². The first-order valence-corrected chi connectivity index (χ1v) is 9.48. The number of benzene rings is 2. The van der Waals surface area contributed by atoms with Crippen molar-refractivity contribution in [1.82, 2.24) is 4.98 Å². The SMILES string of the molecule is COc1ccc(Br)c2c1-c1nc(NC(=O)c3ccccc3Cl)sc1C2. The van der Waals surface area contributed by atoms with Gasteiger partial charge in [-0.25, -0.2) is 4.98 Å². The second-order valence-corrected chi connectivity index (χ2v) is 7.85. The van der Waals surface area contributed by atoms with Crippen LogP contribution >= 0.6 is 38.9 Å². The number of hydrogen-bond acceptors (Lipinski definition) is 4. The predicted octanol–water partition coefficient (Wildman–Crippen LogP) is 5.39. The highest BCUT2D eigenvalue weighted by molar-refractivity contribution is 9.10. The summed E-state index contributed by atoms with van der Waals surface area (Å²) in [7, 11) is 1.65. The Morgan fingerprint density at radius 3 is 2.88 bits per heavy atom. The van der Waals surface area contributed by atoms with Crippen LogP contribution in [-0.4, -0.2) is 18.0 Å². The summed E-state index contributed by atoms with van der Waals surface area (Å²) in [6.45, 7) is 0. The van der Waals surface area contributed by atoms with Crippen LogP contribution in [0, 0.1) is 0 Å². The van der Waals surface area contributed by atoms with Gasteiger partial charge in [0, 0.05) is 21.3 Å². The van der Waals surface area contributed by atoms with Crippen LogP contribution in [0.5, 0.6) is 5.75 Å². The molecule has 0 unspecified atom stereocenters. The fraction of sp³-hybridized carbons (Fsp3) is 0.111. The average Bonchev–Trinajstić information content (AvgIpc) is 3.14. The van der Waals surface area contributed by atoms with E-state index in [1.807, 2.05) is 12.1 Å². The molecule has 1 aromatic heterocycles. The van der Waals surface area contributed by atoms with E-state index in [4.69, 9.17) is 16.3 Å². The monoisotopic (exact) mass is 434 g/mol. The van der Waals surface area contributed by atoms with Gasteiger partial charge in [-0.3, -0.25) is 10.1 Å². The van der Waals surface area contributed by atoms with Crippen molar-refractivity contribution in [2.75, 3.05) is 12.4 Å². The van der Waals surface area contributed by atoms with Crippen molar-refractivity contribution in [2.24, 2.45) is 0 Å². The number of methoxy groups -OCH3 is 1. The van der Waals surface area contributed by atoms with E-state index in [0.717, 1.165) is 38.3 Å². The molecule has 1 aliphatic carbocycles. The molecular weight excluding hydrogens is 424 g/mol. The minimum atomic E-state index is -0.264. The third-order valence-corrected chi connectivity index (χ3v) is 6.09. The number of hydrogen-bond donors (Lipinski definition) is 1. The molecule has 0 radical (unpaired) electrons. The maximum atomic E-state index is 12.4. The summed E-state index contributed by atoms with van der Waals surface area (Å²) in [4.78, 5) is 18.1. The maximum absolute atomic E-state index is 12.4. The molecule has 1 N–H and O–H groups in total. The number of aromatic nitrogens is 1. The number of amides is 1. The largest absolute Gasteiger partial charge is 0.496 e. The Hall–Kier alpha value is -1.89. The molecule has 4 rings (SSSR count). The minimum Gasteiger partial charge on any atom is -0.496 e. The van der Waals surface area contributed by atoms with E-state index in [2.05, 4.69) is 26.2 Å². The Morgan fingerprint density at radius 2 is 2.12 bits per heavy atom. The number of thiazole rings is 1. The molecule has 0 atom stereocenters. The molecule has 7 heteroatoms. The predicted molar refractivity (Wildman–Crippen MR) is 104 cm³/mol. The van der Waals surface area contributed by atoms with Crippen molar-refractivity contribution in [1.29, 1.82) is 0 Å². The number of fused-ring (bicyclic) bond motifs is 3. The van der Waals surface area contributed by atoms with Gasteiger partial charge in [0.05, 0.1) is 23.4 Å². The van der Waals surface area contributed by atoms with E-state index in [-0.39, 0.29) is 5.91 Å². The van der Waals surface area contributed by atoms with E-state index in [0.29, 0.717) is 15.7 Å². The molecule has 1 amide bonds. The van der Waals surface area contributed by atoms with Crippen LogP contribution in [0.25, 0.3) is 11.3 Å². The first kappa shape index (κ1) is 16.6. The first-order chi connectivity index (χ1) is 12.1. The molecule has 126 valence electrons. The van der Waals surface area contributed by atoms with Crippen molar-refractivity contribution in [2.45, 2.75) is 6.42 Å². The number of anilines is 1. The van der Waals surface area contributed by atoms with Gasteiger partial charge in [0.25, 0.3) is 5.91 Å². The quantitative estimate of drug-likeness (QED) is 0.469. The average molecular weight is 436 g/mol. The van der Waals surface area contributed by atoms with Crippen molar-refractivity contribution in [3.63, 3.8) is 0 Å². The summed E-state index contributed by atoms with van der Waals surface area (Å²) >= 11 is 11.1. The Kier molecular flexibility index (Phi) is 4.27. The minimum absolute atomic E-state index is 0.264. The molecule has 2 aromatic carbocycles. The van der Waals surface area contributed by atoms with Gasteiger partial charge in [0.1, 0.15) is 5.75 Å². The molecule has 25 heavy (non-hydrogen) atoms. The zero-order valence-electron chi connectivity index (χ0n) is 13.1. The fourth-order valence-electron chi connectivity index (χ4n) is 2.89. The highest BCUT2D eigenvalue weighted by Crippen LogP contribution is 2.48. The number of carbonyl (C=O) groups is 1. The van der Waals surface area contributed by atoms with E-state index in [1.165, 1.54) is 11.3 Å². The highest BCUT2D eigenvalue weighted by atomic mass is 79.9. The van der Waals surface area contributed by atoms with Crippen LogP contribution in [0.2, 0.25) is 5.02 Å². The number of ether oxygens (including phenoxy) is 1. The van der Waals surface area contributed by atoms with E-state index < -0.39 is 0 Å². The van der Waals surface area contributed by atoms with Crippen LogP contribution < -0.4 is 10.1 Å². The lowest BCUT2D eigenvalue weighted by Crippen LogP contribution is -2.12. The van der Waals surface area contributed by atoms with Crippen molar-refractivity contribution in [3.05, 3.63) is 61.9 Å². The maximum Gasteiger partial charge on any atom is 0.258 e. The third kappa shape index (κ3) is 2.84. The van der Waals surface area contributed by atoms with E-state index in [1.54, 1.807) is 31.4 Å². The zero-order valence-corrected chi connectivity index (χ0v) is 16.3. The van der Waals surface area contributed by atoms with Crippen LogP contribution in [0.15, 0.2) is 40.9 Å². The van der Waals surface area contributed by atoms with Crippen LogP contribution in [-0.2, 0) is 6.42 Å². The third-order valence-electron chi connectivity index (χ3n) is 4.05. The molecule has 0 aliphatic heterocycles. The molecule has 0 saturated heterocycles. The van der Waals surface area contributed by atoms with Crippen molar-refractivity contribution >= 4 is 49.9 Å². The first-order valence-electron chi connectivity index (χ1n) is 7.50.